The fourth-order valence-corrected chi connectivity index (χ4v) is 10.6. The fraction of sp³-hybridized carbons (Fsp3) is 1.00. The van der Waals surface area contributed by atoms with Crippen LogP contribution in [0.3, 0.4) is 0 Å². The minimum absolute atomic E-state index is 0.268. The first-order valence-electron chi connectivity index (χ1n) is 6.77. The maximum atomic E-state index is 6.26. The Balaban J connectivity index is 4.50. The largest absolute Gasteiger partial charge is 0.148 e. The Bertz CT molecular complexity index is 194. The van der Waals surface area contributed by atoms with E-state index in [4.69, 9.17) is 23.2 Å². The van der Waals surface area contributed by atoms with E-state index >= 15 is 0 Å². The van der Waals surface area contributed by atoms with Crippen LogP contribution < -0.4 is 0 Å². The van der Waals surface area contributed by atoms with Gasteiger partial charge in [0.15, 0.2) is 0 Å². The first-order chi connectivity index (χ1) is 7.82. The molecule has 4 heteroatoms. The lowest BCUT2D eigenvalue weighted by atomic mass is 10.5. The van der Waals surface area contributed by atoms with Gasteiger partial charge in [0.25, 0.3) is 0 Å². The second-order valence-corrected chi connectivity index (χ2v) is 14.6. The Morgan fingerprint density at radius 2 is 1.47 bits per heavy atom. The van der Waals surface area contributed by atoms with Crippen LogP contribution in [0.1, 0.15) is 34.6 Å². The highest BCUT2D eigenvalue weighted by atomic mass is 35.5. The molecule has 0 saturated heterocycles. The van der Waals surface area contributed by atoms with Crippen molar-refractivity contribution in [2.75, 3.05) is 43.1 Å². The highest BCUT2D eigenvalue weighted by Gasteiger charge is 2.40. The fourth-order valence-electron chi connectivity index (χ4n) is 2.32. The van der Waals surface area contributed by atoms with Crippen LogP contribution in [-0.2, 0) is 0 Å². The van der Waals surface area contributed by atoms with Crippen LogP contribution in [0.15, 0.2) is 0 Å². The van der Waals surface area contributed by atoms with Gasteiger partial charge in [0, 0.05) is 13.4 Å². The molecule has 0 aliphatic heterocycles. The predicted molar refractivity (Wildman–Crippen MR) is 90.7 cm³/mol. The molecule has 0 aromatic rings. The Morgan fingerprint density at radius 1 is 1.00 bits per heavy atom. The molecular formula is C13H29Cl2P2+. The van der Waals surface area contributed by atoms with Crippen LogP contribution in [0.5, 0.6) is 0 Å². The zero-order valence-electron chi connectivity index (χ0n) is 12.1. The third-order valence-corrected chi connectivity index (χ3v) is 12.5. The van der Waals surface area contributed by atoms with E-state index < -0.39 is 11.6 Å². The van der Waals surface area contributed by atoms with Gasteiger partial charge in [0.05, 0.1) is 24.6 Å². The molecular weight excluding hydrogens is 289 g/mol. The summed E-state index contributed by atoms with van der Waals surface area (Å²) < 4.78 is -0.527. The summed E-state index contributed by atoms with van der Waals surface area (Å²) in [7, 11) is -0.639. The van der Waals surface area contributed by atoms with Crippen LogP contribution >= 0.6 is 38.4 Å². The predicted octanol–water partition coefficient (Wildman–Crippen LogP) is 5.76. The zero-order valence-corrected chi connectivity index (χ0v) is 15.4. The lowest BCUT2D eigenvalue weighted by Crippen LogP contribution is -2.22. The lowest BCUT2D eigenvalue weighted by Gasteiger charge is -2.30. The van der Waals surface area contributed by atoms with Crippen LogP contribution in [0, 0.1) is 0 Å². The molecule has 0 aromatic carbocycles. The second-order valence-electron chi connectivity index (χ2n) is 4.95. The smallest absolute Gasteiger partial charge is 0.104 e. The van der Waals surface area contributed by atoms with Gasteiger partial charge in [-0.05, 0) is 33.1 Å². The maximum Gasteiger partial charge on any atom is 0.148 e. The van der Waals surface area contributed by atoms with E-state index in [1.165, 1.54) is 37.0 Å². The molecule has 0 aromatic heterocycles. The van der Waals surface area contributed by atoms with Crippen molar-refractivity contribution in [3.8, 4) is 0 Å². The maximum absolute atomic E-state index is 6.26. The highest BCUT2D eigenvalue weighted by molar-refractivity contribution is 7.76. The average Bonchev–Trinajstić information content (AvgIpc) is 2.27. The molecule has 0 aliphatic rings. The summed E-state index contributed by atoms with van der Waals surface area (Å²) in [5.74, 6) is 0. The topological polar surface area (TPSA) is 0 Å². The number of halogens is 2. The quantitative estimate of drug-likeness (QED) is 0.374. The standard InChI is InChI=1S/C13H29Cl2P2/c1-6-16(7-2)10-11-17(8-3,9-4)12-13(5,14)15/h6-12H2,1-5H3/q+1. The average molecular weight is 318 g/mol. The highest BCUT2D eigenvalue weighted by Crippen LogP contribution is 2.62. The van der Waals surface area contributed by atoms with Crippen molar-refractivity contribution in [1.29, 1.82) is 0 Å². The molecule has 104 valence electrons. The van der Waals surface area contributed by atoms with Crippen molar-refractivity contribution >= 4 is 38.4 Å². The zero-order chi connectivity index (χ0) is 13.5. The van der Waals surface area contributed by atoms with Crippen LogP contribution in [0.4, 0.5) is 0 Å². The Labute approximate surface area is 120 Å². The molecule has 0 aliphatic carbocycles. The first-order valence-corrected chi connectivity index (χ1v) is 12.0. The molecule has 0 N–H and O–H groups in total. The lowest BCUT2D eigenvalue weighted by molar-refractivity contribution is 0.982. The van der Waals surface area contributed by atoms with Crippen LogP contribution in [0.2, 0.25) is 0 Å². The van der Waals surface area contributed by atoms with Gasteiger partial charge in [0.2, 0.25) is 0 Å². The summed E-state index contributed by atoms with van der Waals surface area (Å²) in [4.78, 5) is 0. The molecule has 17 heavy (non-hydrogen) atoms. The van der Waals surface area contributed by atoms with Crippen molar-refractivity contribution in [3.05, 3.63) is 0 Å². The molecule has 0 unspecified atom stereocenters. The van der Waals surface area contributed by atoms with Gasteiger partial charge >= 0.3 is 0 Å². The molecule has 0 saturated carbocycles. The molecule has 0 bridgehead atoms. The van der Waals surface area contributed by atoms with E-state index in [0.717, 1.165) is 6.16 Å². The van der Waals surface area contributed by atoms with Crippen molar-refractivity contribution < 1.29 is 0 Å². The van der Waals surface area contributed by atoms with Crippen molar-refractivity contribution in [2.24, 2.45) is 0 Å². The number of rotatable bonds is 9. The van der Waals surface area contributed by atoms with Crippen molar-refractivity contribution in [1.82, 2.24) is 0 Å². The molecule has 0 nitrogen and oxygen atoms in total. The number of hydrogen-bond donors (Lipinski definition) is 0. The summed E-state index contributed by atoms with van der Waals surface area (Å²) >= 11 is 12.5. The summed E-state index contributed by atoms with van der Waals surface area (Å²) in [5.41, 5.74) is 0. The molecule has 0 spiro atoms. The molecule has 0 fully saturated rings. The van der Waals surface area contributed by atoms with Gasteiger partial charge in [-0.2, -0.15) is 0 Å². The molecule has 0 rings (SSSR count). The Kier molecular flexibility index (Phi) is 9.31. The summed E-state index contributed by atoms with van der Waals surface area (Å²) in [5, 5.41) is 0. The summed E-state index contributed by atoms with van der Waals surface area (Å²) in [6, 6.07) is 0. The molecule has 0 amide bonds. The first kappa shape index (κ1) is 18.4. The van der Waals surface area contributed by atoms with Crippen LogP contribution in [0.25, 0.3) is 0 Å². The van der Waals surface area contributed by atoms with Gasteiger partial charge < -0.3 is 0 Å². The third-order valence-electron chi connectivity index (χ3n) is 3.74. The second kappa shape index (κ2) is 8.58. The van der Waals surface area contributed by atoms with Crippen molar-refractivity contribution in [3.63, 3.8) is 0 Å². The van der Waals surface area contributed by atoms with Crippen LogP contribution in [-0.4, -0.2) is 47.5 Å². The van der Waals surface area contributed by atoms with Gasteiger partial charge in [-0.25, -0.2) is 0 Å². The summed E-state index contributed by atoms with van der Waals surface area (Å²) in [6.45, 7) is 11.3. The van der Waals surface area contributed by atoms with Gasteiger partial charge in [-0.3, -0.25) is 0 Å². The molecule has 0 heterocycles. The minimum atomic E-state index is -0.907. The van der Waals surface area contributed by atoms with E-state index in [9.17, 15) is 0 Å². The van der Waals surface area contributed by atoms with Crippen molar-refractivity contribution in [2.45, 2.75) is 39.0 Å². The third kappa shape index (κ3) is 7.57. The van der Waals surface area contributed by atoms with Gasteiger partial charge in [-0.1, -0.05) is 37.0 Å². The van der Waals surface area contributed by atoms with E-state index in [-0.39, 0.29) is 7.92 Å². The SMILES string of the molecule is CCP(CC)CC[P+](CC)(CC)CC(C)(Cl)Cl. The normalized spacial score (nSPS) is 13.4. The number of alkyl halides is 2. The van der Waals surface area contributed by atoms with E-state index in [0.29, 0.717) is 0 Å². The van der Waals surface area contributed by atoms with E-state index in [2.05, 4.69) is 27.7 Å². The molecule has 0 radical (unpaired) electrons. The van der Waals surface area contributed by atoms with E-state index in [1.54, 1.807) is 0 Å². The Hall–Kier alpha value is 1.44. The van der Waals surface area contributed by atoms with Gasteiger partial charge in [-0.15, -0.1) is 7.92 Å². The summed E-state index contributed by atoms with van der Waals surface area (Å²) in [6.07, 6.45) is 9.22. The minimum Gasteiger partial charge on any atom is -0.104 e. The Morgan fingerprint density at radius 3 is 1.76 bits per heavy atom. The molecule has 0 atom stereocenters. The monoisotopic (exact) mass is 317 g/mol. The van der Waals surface area contributed by atoms with E-state index in [1.807, 2.05) is 6.92 Å². The number of hydrogen-bond acceptors (Lipinski definition) is 0. The van der Waals surface area contributed by atoms with Gasteiger partial charge in [0.1, 0.15) is 4.33 Å².